The highest BCUT2D eigenvalue weighted by Crippen LogP contribution is 2.29. The molecule has 1 amide bonds. The lowest BCUT2D eigenvalue weighted by molar-refractivity contribution is -0.126. The zero-order valence-electron chi connectivity index (χ0n) is 15.7. The number of hydrogen-bond donors (Lipinski definition) is 2. The van der Waals surface area contributed by atoms with Crippen molar-refractivity contribution in [3.05, 3.63) is 59.4 Å². The minimum atomic E-state index is -3.00. The first-order valence-corrected chi connectivity index (χ1v) is 8.43. The van der Waals surface area contributed by atoms with Crippen LogP contribution >= 0.6 is 0 Å². The molecule has 156 valence electrons. The van der Waals surface area contributed by atoms with Gasteiger partial charge in [-0.1, -0.05) is 17.3 Å². The molecule has 0 aliphatic heterocycles. The van der Waals surface area contributed by atoms with Crippen LogP contribution in [0.2, 0.25) is 0 Å². The molecule has 3 N–H and O–H groups in total. The maximum absolute atomic E-state index is 12.9. The minimum Gasteiger partial charge on any atom is -0.493 e. The molecule has 0 aliphatic carbocycles. The summed E-state index contributed by atoms with van der Waals surface area (Å²) in [7, 11) is 1.29. The second-order valence-electron chi connectivity index (χ2n) is 5.83. The van der Waals surface area contributed by atoms with Crippen LogP contribution in [0.1, 0.15) is 24.1 Å². The van der Waals surface area contributed by atoms with Crippen LogP contribution in [0.5, 0.6) is 11.5 Å². The van der Waals surface area contributed by atoms with Crippen molar-refractivity contribution in [2.45, 2.75) is 19.6 Å². The first kappa shape index (κ1) is 21.9. The summed E-state index contributed by atoms with van der Waals surface area (Å²) in [6.07, 6.45) is 0. The predicted octanol–water partition coefficient (Wildman–Crippen LogP) is 2.95. The lowest BCUT2D eigenvalue weighted by Crippen LogP contribution is -2.30. The molecule has 1 atom stereocenters. The summed E-state index contributed by atoms with van der Waals surface area (Å²) in [5.41, 5.74) is 6.82. The number of halogens is 3. The molecule has 0 aliphatic rings. The fourth-order valence-electron chi connectivity index (χ4n) is 2.35. The van der Waals surface area contributed by atoms with Gasteiger partial charge in [0.05, 0.1) is 13.2 Å². The largest absolute Gasteiger partial charge is 0.493 e. The number of alkyl halides is 2. The van der Waals surface area contributed by atoms with Gasteiger partial charge in [0.2, 0.25) is 0 Å². The van der Waals surface area contributed by atoms with E-state index in [0.717, 1.165) is 5.56 Å². The number of rotatable bonds is 9. The molecule has 0 saturated heterocycles. The number of nitrogens with zero attached hydrogens (tertiary/aromatic N) is 1. The van der Waals surface area contributed by atoms with Crippen LogP contribution in [0, 0.1) is 5.82 Å². The molecule has 0 spiro atoms. The summed E-state index contributed by atoms with van der Waals surface area (Å²) in [5, 5.41) is 6.30. The lowest BCUT2D eigenvalue weighted by Gasteiger charge is -2.14. The molecular formula is C19H20F3N3O4. The fraction of sp³-hybridized carbons (Fsp3) is 0.263. The maximum atomic E-state index is 12.9. The van der Waals surface area contributed by atoms with Crippen LogP contribution in [-0.4, -0.2) is 32.1 Å². The molecule has 1 unspecified atom stereocenters. The van der Waals surface area contributed by atoms with E-state index in [2.05, 4.69) is 15.2 Å². The van der Waals surface area contributed by atoms with Crippen LogP contribution in [-0.2, 0) is 9.63 Å². The number of methoxy groups -OCH3 is 1. The van der Waals surface area contributed by atoms with Crippen molar-refractivity contribution in [3.8, 4) is 11.5 Å². The highest BCUT2D eigenvalue weighted by Gasteiger charge is 2.13. The van der Waals surface area contributed by atoms with Crippen LogP contribution in [0.25, 0.3) is 0 Å². The molecule has 29 heavy (non-hydrogen) atoms. The zero-order chi connectivity index (χ0) is 21.4. The number of amides is 1. The third-order valence-corrected chi connectivity index (χ3v) is 3.78. The van der Waals surface area contributed by atoms with Crippen molar-refractivity contribution in [1.29, 1.82) is 0 Å². The Labute approximate surface area is 165 Å². The SMILES string of the molecule is COc1cc(C(N)=NOCC(=O)NC(C)c2ccc(F)cc2)ccc1OC(F)F. The van der Waals surface area contributed by atoms with Gasteiger partial charge in [0.1, 0.15) is 5.82 Å². The fourth-order valence-corrected chi connectivity index (χ4v) is 2.35. The molecule has 2 aromatic rings. The van der Waals surface area contributed by atoms with Crippen LogP contribution in [0.15, 0.2) is 47.6 Å². The lowest BCUT2D eigenvalue weighted by atomic mass is 10.1. The Morgan fingerprint density at radius 3 is 2.48 bits per heavy atom. The van der Waals surface area contributed by atoms with Crippen LogP contribution < -0.4 is 20.5 Å². The molecule has 7 nitrogen and oxygen atoms in total. The van der Waals surface area contributed by atoms with E-state index in [9.17, 15) is 18.0 Å². The van der Waals surface area contributed by atoms with Gasteiger partial charge < -0.3 is 25.4 Å². The predicted molar refractivity (Wildman–Crippen MR) is 99.3 cm³/mol. The van der Waals surface area contributed by atoms with Crippen molar-refractivity contribution in [2.75, 3.05) is 13.7 Å². The molecule has 10 heteroatoms. The Morgan fingerprint density at radius 1 is 1.17 bits per heavy atom. The summed E-state index contributed by atoms with van der Waals surface area (Å²) in [6, 6.07) is 9.34. The molecule has 0 aromatic heterocycles. The molecule has 2 aromatic carbocycles. The number of amidine groups is 1. The van der Waals surface area contributed by atoms with E-state index in [1.807, 2.05) is 0 Å². The van der Waals surface area contributed by atoms with Gasteiger partial charge in [-0.2, -0.15) is 8.78 Å². The third-order valence-electron chi connectivity index (χ3n) is 3.78. The summed E-state index contributed by atoms with van der Waals surface area (Å²) in [5.74, 6) is -1.05. The summed E-state index contributed by atoms with van der Waals surface area (Å²) < 4.78 is 46.9. The third kappa shape index (κ3) is 6.59. The summed E-state index contributed by atoms with van der Waals surface area (Å²) in [6.45, 7) is -1.67. The maximum Gasteiger partial charge on any atom is 0.387 e. The van der Waals surface area contributed by atoms with Crippen molar-refractivity contribution in [1.82, 2.24) is 5.32 Å². The first-order chi connectivity index (χ1) is 13.8. The number of ether oxygens (including phenoxy) is 2. The van der Waals surface area contributed by atoms with Crippen molar-refractivity contribution in [3.63, 3.8) is 0 Å². The van der Waals surface area contributed by atoms with Crippen molar-refractivity contribution in [2.24, 2.45) is 10.9 Å². The van der Waals surface area contributed by atoms with Gasteiger partial charge in [-0.15, -0.1) is 0 Å². The molecule has 0 saturated carbocycles. The second kappa shape index (κ2) is 10.2. The number of nitrogens with two attached hydrogens (primary N) is 1. The van der Waals surface area contributed by atoms with Crippen LogP contribution in [0.4, 0.5) is 13.2 Å². The molecular weight excluding hydrogens is 391 g/mol. The Kier molecular flexibility index (Phi) is 7.70. The van der Waals surface area contributed by atoms with E-state index in [0.29, 0.717) is 5.56 Å². The number of carbonyl (C=O) groups excluding carboxylic acids is 1. The number of benzene rings is 2. The second-order valence-corrected chi connectivity index (χ2v) is 5.83. The monoisotopic (exact) mass is 411 g/mol. The highest BCUT2D eigenvalue weighted by molar-refractivity contribution is 5.97. The van der Waals surface area contributed by atoms with E-state index in [4.69, 9.17) is 15.3 Å². The number of hydrogen-bond acceptors (Lipinski definition) is 5. The van der Waals surface area contributed by atoms with E-state index >= 15 is 0 Å². The molecule has 0 heterocycles. The van der Waals surface area contributed by atoms with Gasteiger partial charge in [0.15, 0.2) is 23.9 Å². The molecule has 0 fully saturated rings. The average Bonchev–Trinajstić information content (AvgIpc) is 2.68. The Balaban J connectivity index is 1.92. The van der Waals surface area contributed by atoms with E-state index in [-0.39, 0.29) is 29.2 Å². The van der Waals surface area contributed by atoms with Gasteiger partial charge >= 0.3 is 6.61 Å². The quantitative estimate of drug-likeness (QED) is 0.376. The van der Waals surface area contributed by atoms with Crippen LogP contribution in [0.3, 0.4) is 0 Å². The number of carbonyl (C=O) groups is 1. The Hall–Kier alpha value is -3.43. The molecule has 0 bridgehead atoms. The number of oxime groups is 1. The average molecular weight is 411 g/mol. The van der Waals surface area contributed by atoms with E-state index in [1.54, 1.807) is 19.1 Å². The van der Waals surface area contributed by atoms with Gasteiger partial charge in [0, 0.05) is 5.56 Å². The number of nitrogens with one attached hydrogen (secondary N) is 1. The smallest absolute Gasteiger partial charge is 0.387 e. The van der Waals surface area contributed by atoms with Gasteiger partial charge in [-0.05, 0) is 42.8 Å². The van der Waals surface area contributed by atoms with E-state index in [1.165, 1.54) is 37.4 Å². The summed E-state index contributed by atoms with van der Waals surface area (Å²) >= 11 is 0. The Bertz CT molecular complexity index is 860. The molecule has 2 rings (SSSR count). The van der Waals surface area contributed by atoms with Gasteiger partial charge in [-0.25, -0.2) is 4.39 Å². The van der Waals surface area contributed by atoms with Gasteiger partial charge in [0.25, 0.3) is 5.91 Å². The summed E-state index contributed by atoms with van der Waals surface area (Å²) in [4.78, 5) is 16.9. The molecule has 0 radical (unpaired) electrons. The minimum absolute atomic E-state index is 0.0341. The van der Waals surface area contributed by atoms with Gasteiger partial charge in [-0.3, -0.25) is 4.79 Å². The highest BCUT2D eigenvalue weighted by atomic mass is 19.3. The zero-order valence-corrected chi connectivity index (χ0v) is 15.7. The van der Waals surface area contributed by atoms with E-state index < -0.39 is 19.1 Å². The van der Waals surface area contributed by atoms with Crippen molar-refractivity contribution < 1.29 is 32.3 Å². The Morgan fingerprint density at radius 2 is 1.86 bits per heavy atom. The first-order valence-electron chi connectivity index (χ1n) is 8.43. The topological polar surface area (TPSA) is 95.2 Å². The normalized spacial score (nSPS) is 12.4. The standard InChI is InChI=1S/C19H20F3N3O4/c1-11(12-3-6-14(20)7-4-12)24-17(26)10-28-25-18(23)13-5-8-15(29-19(21)22)16(9-13)27-2/h3-9,11,19H,10H2,1-2H3,(H2,23,25)(H,24,26). The van der Waals surface area contributed by atoms with Crippen molar-refractivity contribution >= 4 is 11.7 Å².